The molecule has 0 fully saturated rings. The molecule has 23 heavy (non-hydrogen) atoms. The largest absolute Gasteiger partial charge is 0.357 e. The molecule has 1 unspecified atom stereocenters. The number of carbonyl (C=O) groups excluding carboxylic acids is 1. The predicted octanol–water partition coefficient (Wildman–Crippen LogP) is 2.04. The van der Waals surface area contributed by atoms with Crippen LogP contribution in [0.4, 0.5) is 0 Å². The Morgan fingerprint density at radius 2 is 1.96 bits per heavy atom. The van der Waals surface area contributed by atoms with Crippen molar-refractivity contribution >= 4 is 11.9 Å². The van der Waals surface area contributed by atoms with Crippen molar-refractivity contribution in [1.29, 1.82) is 0 Å². The second-order valence-electron chi connectivity index (χ2n) is 5.87. The zero-order valence-electron chi connectivity index (χ0n) is 14.8. The van der Waals surface area contributed by atoms with E-state index < -0.39 is 0 Å². The van der Waals surface area contributed by atoms with Gasteiger partial charge in [-0.3, -0.25) is 9.79 Å². The summed E-state index contributed by atoms with van der Waals surface area (Å²) >= 11 is 0. The van der Waals surface area contributed by atoms with Gasteiger partial charge in [0.2, 0.25) is 5.91 Å². The van der Waals surface area contributed by atoms with Crippen molar-refractivity contribution in [3.05, 3.63) is 35.9 Å². The van der Waals surface area contributed by atoms with E-state index in [4.69, 9.17) is 0 Å². The van der Waals surface area contributed by atoms with Crippen molar-refractivity contribution in [2.24, 2.45) is 4.99 Å². The summed E-state index contributed by atoms with van der Waals surface area (Å²) in [5.74, 6) is 0.876. The number of guanidine groups is 1. The van der Waals surface area contributed by atoms with Crippen LogP contribution in [0.15, 0.2) is 35.3 Å². The molecule has 0 aromatic heterocycles. The monoisotopic (exact) mass is 318 g/mol. The van der Waals surface area contributed by atoms with Crippen molar-refractivity contribution in [1.82, 2.24) is 15.5 Å². The van der Waals surface area contributed by atoms with Crippen molar-refractivity contribution < 1.29 is 4.79 Å². The molecule has 5 nitrogen and oxygen atoms in total. The number of rotatable bonds is 8. The lowest BCUT2D eigenvalue weighted by molar-refractivity contribution is -0.128. The van der Waals surface area contributed by atoms with E-state index in [2.05, 4.69) is 46.8 Å². The van der Waals surface area contributed by atoms with E-state index >= 15 is 0 Å². The topological polar surface area (TPSA) is 56.7 Å². The van der Waals surface area contributed by atoms with Crippen LogP contribution in [-0.4, -0.2) is 50.0 Å². The Hall–Kier alpha value is -2.04. The lowest BCUT2D eigenvalue weighted by atomic mass is 10.1. The van der Waals surface area contributed by atoms with E-state index in [9.17, 15) is 4.79 Å². The third-order valence-electron chi connectivity index (χ3n) is 3.53. The Morgan fingerprint density at radius 3 is 2.57 bits per heavy atom. The van der Waals surface area contributed by atoms with Gasteiger partial charge in [0.15, 0.2) is 5.96 Å². The smallest absolute Gasteiger partial charge is 0.223 e. The molecule has 0 aliphatic rings. The Bertz CT molecular complexity index is 485. The standard InChI is InChI=1S/C18H30N4O/c1-5-19-18(20-14-13-17(23)22(3)4)21-15(2)11-12-16-9-7-6-8-10-16/h6-10,15H,5,11-14H2,1-4H3,(H2,19,20,21). The molecule has 5 heteroatoms. The Balaban J connectivity index is 2.42. The molecule has 1 aromatic rings. The highest BCUT2D eigenvalue weighted by atomic mass is 16.2. The first-order valence-corrected chi connectivity index (χ1v) is 8.31. The van der Waals surface area contributed by atoms with Crippen LogP contribution in [0, 0.1) is 0 Å². The quantitative estimate of drug-likeness (QED) is 0.570. The third kappa shape index (κ3) is 8.24. The predicted molar refractivity (Wildman–Crippen MR) is 96.7 cm³/mol. The molecule has 128 valence electrons. The lowest BCUT2D eigenvalue weighted by Gasteiger charge is -2.18. The maximum Gasteiger partial charge on any atom is 0.223 e. The summed E-state index contributed by atoms with van der Waals surface area (Å²) in [5, 5.41) is 6.63. The zero-order valence-corrected chi connectivity index (χ0v) is 14.8. The second-order valence-corrected chi connectivity index (χ2v) is 5.87. The van der Waals surface area contributed by atoms with Gasteiger partial charge in [-0.1, -0.05) is 30.3 Å². The number of aliphatic imine (C=N–C) groups is 1. The SMILES string of the molecule is CCNC(=NCCC(=O)N(C)C)NC(C)CCc1ccccc1. The van der Waals surface area contributed by atoms with Crippen molar-refractivity contribution in [3.8, 4) is 0 Å². The molecule has 0 heterocycles. The Labute approximate surface area is 140 Å². The fourth-order valence-corrected chi connectivity index (χ4v) is 2.14. The average molecular weight is 318 g/mol. The molecule has 0 radical (unpaired) electrons. The van der Waals surface area contributed by atoms with Crippen LogP contribution in [0.3, 0.4) is 0 Å². The molecule has 1 atom stereocenters. The van der Waals surface area contributed by atoms with Gasteiger partial charge in [0.25, 0.3) is 0 Å². The summed E-state index contributed by atoms with van der Waals surface area (Å²) in [4.78, 5) is 17.7. The first-order valence-electron chi connectivity index (χ1n) is 8.31. The van der Waals surface area contributed by atoms with Gasteiger partial charge in [0.05, 0.1) is 6.54 Å². The molecular weight excluding hydrogens is 288 g/mol. The number of hydrogen-bond acceptors (Lipinski definition) is 2. The number of amides is 1. The van der Waals surface area contributed by atoms with Gasteiger partial charge in [-0.05, 0) is 32.3 Å². The molecule has 0 aliphatic carbocycles. The van der Waals surface area contributed by atoms with Crippen molar-refractivity contribution in [2.75, 3.05) is 27.2 Å². The zero-order chi connectivity index (χ0) is 17.1. The van der Waals surface area contributed by atoms with Gasteiger partial charge in [-0.25, -0.2) is 0 Å². The summed E-state index contributed by atoms with van der Waals surface area (Å²) in [6.45, 7) is 5.49. The van der Waals surface area contributed by atoms with Crippen LogP contribution < -0.4 is 10.6 Å². The molecule has 0 spiro atoms. The molecule has 0 bridgehead atoms. The van der Waals surface area contributed by atoms with Gasteiger partial charge in [-0.2, -0.15) is 0 Å². The van der Waals surface area contributed by atoms with Crippen LogP contribution in [0.25, 0.3) is 0 Å². The van der Waals surface area contributed by atoms with Gasteiger partial charge in [0.1, 0.15) is 0 Å². The maximum absolute atomic E-state index is 11.6. The summed E-state index contributed by atoms with van der Waals surface area (Å²) in [7, 11) is 3.53. The number of nitrogens with zero attached hydrogens (tertiary/aromatic N) is 2. The number of nitrogens with one attached hydrogen (secondary N) is 2. The third-order valence-corrected chi connectivity index (χ3v) is 3.53. The van der Waals surface area contributed by atoms with E-state index in [1.165, 1.54) is 5.56 Å². The van der Waals surface area contributed by atoms with E-state index in [0.717, 1.165) is 25.3 Å². The first-order chi connectivity index (χ1) is 11.0. The molecule has 0 saturated heterocycles. The van der Waals surface area contributed by atoms with Crippen LogP contribution >= 0.6 is 0 Å². The summed E-state index contributed by atoms with van der Waals surface area (Å²) < 4.78 is 0. The van der Waals surface area contributed by atoms with Crippen LogP contribution in [0.2, 0.25) is 0 Å². The molecule has 0 aliphatic heterocycles. The minimum atomic E-state index is 0.0988. The molecular formula is C18H30N4O. The highest BCUT2D eigenvalue weighted by Crippen LogP contribution is 2.04. The van der Waals surface area contributed by atoms with Crippen molar-refractivity contribution in [2.45, 2.75) is 39.2 Å². The highest BCUT2D eigenvalue weighted by Gasteiger charge is 2.07. The van der Waals surface area contributed by atoms with Crippen LogP contribution in [0.5, 0.6) is 0 Å². The number of benzene rings is 1. The summed E-state index contributed by atoms with van der Waals surface area (Å²) in [6.07, 6.45) is 2.50. The van der Waals surface area contributed by atoms with E-state index in [-0.39, 0.29) is 5.91 Å². The fourth-order valence-electron chi connectivity index (χ4n) is 2.14. The molecule has 0 saturated carbocycles. The molecule has 1 amide bonds. The van der Waals surface area contributed by atoms with Gasteiger partial charge in [-0.15, -0.1) is 0 Å². The molecule has 2 N–H and O–H groups in total. The lowest BCUT2D eigenvalue weighted by Crippen LogP contribution is -2.42. The van der Waals surface area contributed by atoms with Crippen LogP contribution in [-0.2, 0) is 11.2 Å². The van der Waals surface area contributed by atoms with E-state index in [0.29, 0.717) is 19.0 Å². The highest BCUT2D eigenvalue weighted by molar-refractivity contribution is 5.81. The summed E-state index contributed by atoms with van der Waals surface area (Å²) in [5.41, 5.74) is 1.35. The fraction of sp³-hybridized carbons (Fsp3) is 0.556. The Kier molecular flexibility index (Phi) is 8.80. The molecule has 1 rings (SSSR count). The van der Waals surface area contributed by atoms with Crippen LogP contribution in [0.1, 0.15) is 32.3 Å². The second kappa shape index (κ2) is 10.6. The normalized spacial score (nSPS) is 12.6. The minimum absolute atomic E-state index is 0.0988. The number of carbonyl (C=O) groups is 1. The van der Waals surface area contributed by atoms with Gasteiger partial charge < -0.3 is 15.5 Å². The number of hydrogen-bond donors (Lipinski definition) is 2. The molecule has 1 aromatic carbocycles. The van der Waals surface area contributed by atoms with E-state index in [1.54, 1.807) is 19.0 Å². The number of aryl methyl sites for hydroxylation is 1. The minimum Gasteiger partial charge on any atom is -0.357 e. The van der Waals surface area contributed by atoms with Crippen molar-refractivity contribution in [3.63, 3.8) is 0 Å². The summed E-state index contributed by atoms with van der Waals surface area (Å²) in [6, 6.07) is 10.8. The van der Waals surface area contributed by atoms with Gasteiger partial charge >= 0.3 is 0 Å². The van der Waals surface area contributed by atoms with E-state index in [1.807, 2.05) is 13.0 Å². The average Bonchev–Trinajstić information content (AvgIpc) is 2.54. The maximum atomic E-state index is 11.6. The first kappa shape index (κ1) is 19.0. The Morgan fingerprint density at radius 1 is 1.26 bits per heavy atom. The van der Waals surface area contributed by atoms with Gasteiger partial charge in [0, 0.05) is 33.1 Å².